The van der Waals surface area contributed by atoms with Gasteiger partial charge in [-0.1, -0.05) is 0 Å². The SMILES string of the molecule is O.O=S(=O)(O)O.O=S(=O)(O)O.O=S(=O)(O)O.O=S(=O)(O)O.O=S(=O)(O)O.O=S(=O)(O)O.[Ca+2].[O]=[Al][O-].[O]=[Al][O-]. The monoisotopic (exact) mass is 764 g/mol. The first-order valence-corrected chi connectivity index (χ1v) is 15.4. The first-order chi connectivity index (χ1) is 14.8. The van der Waals surface area contributed by atoms with Crippen LogP contribution in [-0.4, -0.2) is 179 Å². The molecule has 0 bridgehead atoms. The molecule has 29 nitrogen and oxygen atoms in total. The van der Waals surface area contributed by atoms with Crippen LogP contribution in [0.15, 0.2) is 0 Å². The van der Waals surface area contributed by atoms with E-state index in [-0.39, 0.29) is 43.2 Å². The zero-order chi connectivity index (χ0) is 32.4. The summed E-state index contributed by atoms with van der Waals surface area (Å²) in [7, 11) is -28.0. The van der Waals surface area contributed by atoms with Gasteiger partial charge in [0.1, 0.15) is 0 Å². The van der Waals surface area contributed by atoms with Crippen molar-refractivity contribution in [1.29, 1.82) is 0 Å². The quantitative estimate of drug-likeness (QED) is 0.0804. The van der Waals surface area contributed by atoms with Crippen LogP contribution in [0.25, 0.3) is 0 Å². The molecule has 0 saturated carbocycles. The normalized spacial score (nSPS) is 9.58. The molecule has 38 heavy (non-hydrogen) atoms. The van der Waals surface area contributed by atoms with Gasteiger partial charge in [0.2, 0.25) is 0 Å². The third kappa shape index (κ3) is 94200. The predicted molar refractivity (Wildman–Crippen MR) is 107 cm³/mol. The van der Waals surface area contributed by atoms with Gasteiger partial charge in [-0.25, -0.2) is 0 Å². The van der Waals surface area contributed by atoms with Crippen molar-refractivity contribution < 1.29 is 127 Å². The molecule has 0 saturated heterocycles. The standard InChI is InChI=1S/2Al.Ca.6H2O4S.H2O.4O/c;;;6*1-5(2,3)4;;;;;/h;;;6*(H2,1,2,3,4);1H2;;;;/q;;+2;;;;;;;;;;2*-1. The van der Waals surface area contributed by atoms with Crippen LogP contribution >= 0.6 is 0 Å². The van der Waals surface area contributed by atoms with Crippen LogP contribution < -0.4 is 8.32 Å². The molecular formula is H14Al2CaO29S6. The second-order valence-corrected chi connectivity index (χ2v) is 8.64. The molecule has 0 aliphatic carbocycles. The van der Waals surface area contributed by atoms with Gasteiger partial charge in [-0.3, -0.25) is 54.6 Å². The average Bonchev–Trinajstić information content (AvgIpc) is 2.25. The molecule has 0 atom stereocenters. The second kappa shape index (κ2) is 33.9. The van der Waals surface area contributed by atoms with E-state index in [1.54, 1.807) is 0 Å². The summed E-state index contributed by atoms with van der Waals surface area (Å²) in [6.45, 7) is 0. The van der Waals surface area contributed by atoms with E-state index >= 15 is 0 Å². The fourth-order valence-electron chi connectivity index (χ4n) is 0. The van der Waals surface area contributed by atoms with E-state index < -0.39 is 93.4 Å². The molecule has 38 heteroatoms. The van der Waals surface area contributed by atoms with E-state index in [0.717, 1.165) is 0 Å². The summed E-state index contributed by atoms with van der Waals surface area (Å²) in [6.07, 6.45) is 0. The molecule has 0 unspecified atom stereocenters. The Balaban J connectivity index is -0.0000000295. The Morgan fingerprint density at radius 3 is 0.342 bits per heavy atom. The molecule has 14 N–H and O–H groups in total. The van der Waals surface area contributed by atoms with Crippen LogP contribution in [0.3, 0.4) is 0 Å². The van der Waals surface area contributed by atoms with Crippen LogP contribution in [0, 0.1) is 0 Å². The molecule has 0 aromatic carbocycles. The third-order valence-electron chi connectivity index (χ3n) is 0. The molecule has 0 aliphatic heterocycles. The minimum absolute atomic E-state index is 0. The molecule has 0 spiro atoms. The maximum atomic E-state index is 8.74. The Kier molecular flexibility index (Phi) is 59.6. The van der Waals surface area contributed by atoms with Crippen molar-refractivity contribution in [3.8, 4) is 0 Å². The van der Waals surface area contributed by atoms with Crippen molar-refractivity contribution in [2.75, 3.05) is 0 Å². The molecule has 0 aromatic rings. The van der Waals surface area contributed by atoms with E-state index in [9.17, 15) is 0 Å². The summed E-state index contributed by atoms with van der Waals surface area (Å²) in [4.78, 5) is 0. The molecule has 0 heterocycles. The van der Waals surface area contributed by atoms with Crippen LogP contribution in [0.2, 0.25) is 0 Å². The Morgan fingerprint density at radius 2 is 0.342 bits per heavy atom. The molecule has 0 aromatic heterocycles. The number of rotatable bonds is 0. The van der Waals surface area contributed by atoms with Crippen molar-refractivity contribution in [3.05, 3.63) is 0 Å². The van der Waals surface area contributed by atoms with Crippen molar-refractivity contribution in [1.82, 2.24) is 0 Å². The van der Waals surface area contributed by atoms with E-state index in [1.807, 2.05) is 0 Å². The fraction of sp³-hybridized carbons (Fsp3) is 0. The summed E-state index contributed by atoms with van der Waals surface area (Å²) in [6, 6.07) is 0. The average molecular weight is 765 g/mol. The van der Waals surface area contributed by atoms with Crippen LogP contribution in [0.5, 0.6) is 0 Å². The summed E-state index contributed by atoms with van der Waals surface area (Å²) in [5.74, 6) is 0. The van der Waals surface area contributed by atoms with Gasteiger partial charge in [0.05, 0.1) is 0 Å². The molecular weight excluding hydrogens is 750 g/mol. The summed E-state index contributed by atoms with van der Waals surface area (Å²) in [5, 5.41) is 0. The van der Waals surface area contributed by atoms with Gasteiger partial charge in [-0.2, -0.15) is 50.5 Å². The van der Waals surface area contributed by atoms with Crippen LogP contribution in [0.1, 0.15) is 0 Å². The first kappa shape index (κ1) is 66.8. The molecule has 0 radical (unpaired) electrons. The van der Waals surface area contributed by atoms with Crippen LogP contribution in [0.4, 0.5) is 0 Å². The predicted octanol–water partition coefficient (Wildman–Crippen LogP) is -8.50. The Morgan fingerprint density at radius 1 is 0.342 bits per heavy atom. The van der Waals surface area contributed by atoms with Crippen molar-refractivity contribution in [2.45, 2.75) is 0 Å². The van der Waals surface area contributed by atoms with E-state index in [1.165, 1.54) is 0 Å². The minimum atomic E-state index is -4.67. The van der Waals surface area contributed by atoms with Crippen molar-refractivity contribution in [3.63, 3.8) is 0 Å². The van der Waals surface area contributed by atoms with Crippen LogP contribution in [-0.2, 0) is 70.0 Å². The summed E-state index contributed by atoms with van der Waals surface area (Å²) in [5.41, 5.74) is 0. The zero-order valence-electron chi connectivity index (χ0n) is 16.7. The van der Waals surface area contributed by atoms with E-state index in [4.69, 9.17) is 121 Å². The van der Waals surface area contributed by atoms with Gasteiger partial charge in [-0.05, 0) is 0 Å². The first-order valence-electron chi connectivity index (χ1n) is 5.13. The van der Waals surface area contributed by atoms with Gasteiger partial charge >= 0.3 is 147 Å². The van der Waals surface area contributed by atoms with Crippen molar-refractivity contribution >= 4 is 131 Å². The van der Waals surface area contributed by atoms with Gasteiger partial charge in [0.15, 0.2) is 0 Å². The summed E-state index contributed by atoms with van der Waals surface area (Å²) < 4.78 is 223. The molecule has 232 valence electrons. The van der Waals surface area contributed by atoms with Crippen molar-refractivity contribution in [2.24, 2.45) is 0 Å². The van der Waals surface area contributed by atoms with E-state index in [2.05, 4.69) is 0 Å². The van der Waals surface area contributed by atoms with Gasteiger partial charge in [0.25, 0.3) is 0 Å². The summed E-state index contributed by atoms with van der Waals surface area (Å²) >= 11 is -3.50. The second-order valence-electron chi connectivity index (χ2n) is 2.88. The van der Waals surface area contributed by atoms with Gasteiger partial charge < -0.3 is 5.48 Å². The Labute approximate surface area is 255 Å². The Bertz CT molecular complexity index is 859. The molecule has 0 fully saturated rings. The zero-order valence-corrected chi connectivity index (χ0v) is 26.1. The van der Waals surface area contributed by atoms with Gasteiger partial charge in [-0.15, -0.1) is 0 Å². The Hall–Kier alpha value is 0.705. The van der Waals surface area contributed by atoms with E-state index in [0.29, 0.717) is 0 Å². The van der Waals surface area contributed by atoms with Gasteiger partial charge in [0, 0.05) is 0 Å². The fourth-order valence-corrected chi connectivity index (χ4v) is 0. The maximum absolute atomic E-state index is 8.74. The molecule has 0 aliphatic rings. The molecule has 0 amide bonds. The number of hydrogen-bond donors (Lipinski definition) is 12. The third-order valence-corrected chi connectivity index (χ3v) is 0. The number of hydrogen-bond acceptors (Lipinski definition) is 16. The molecule has 0 rings (SSSR count). The topological polar surface area (TPSA) is 559 Å².